The molecule has 1 rings (SSSR count). The molecule has 1 aromatic rings. The molecule has 6 heteroatoms. The van der Waals surface area contributed by atoms with Crippen LogP contribution in [0.2, 0.25) is 0 Å². The van der Waals surface area contributed by atoms with Crippen LogP contribution in [0.15, 0.2) is 12.1 Å². The predicted molar refractivity (Wildman–Crippen MR) is 75.1 cm³/mol. The van der Waals surface area contributed by atoms with Crippen molar-refractivity contribution in [1.29, 1.82) is 0 Å². The quantitative estimate of drug-likeness (QED) is 0.703. The predicted octanol–water partition coefficient (Wildman–Crippen LogP) is 1.91. The Morgan fingerprint density at radius 2 is 1.89 bits per heavy atom. The van der Waals surface area contributed by atoms with Gasteiger partial charge in [-0.1, -0.05) is 13.8 Å². The number of methoxy groups -OCH3 is 1. The Bertz CT molecular complexity index is 377. The normalized spacial score (nSPS) is 10.5. The van der Waals surface area contributed by atoms with Crippen molar-refractivity contribution in [2.45, 2.75) is 26.7 Å². The van der Waals surface area contributed by atoms with Gasteiger partial charge in [-0.2, -0.15) is 0 Å². The van der Waals surface area contributed by atoms with E-state index in [0.29, 0.717) is 24.8 Å². The summed E-state index contributed by atoms with van der Waals surface area (Å²) in [7, 11) is 1.64. The second-order valence-electron chi connectivity index (χ2n) is 4.23. The van der Waals surface area contributed by atoms with Gasteiger partial charge in [0.2, 0.25) is 5.91 Å². The number of aromatic nitrogens is 2. The minimum absolute atomic E-state index is 0.000563. The van der Waals surface area contributed by atoms with Crippen molar-refractivity contribution in [2.75, 3.05) is 30.9 Å². The summed E-state index contributed by atoms with van der Waals surface area (Å²) < 4.78 is 4.92. The highest BCUT2D eigenvalue weighted by Crippen LogP contribution is 2.12. The van der Waals surface area contributed by atoms with Crippen molar-refractivity contribution >= 4 is 17.5 Å². The number of carbonyl (C=O) groups excluding carboxylic acids is 1. The second kappa shape index (κ2) is 8.42. The van der Waals surface area contributed by atoms with Gasteiger partial charge >= 0.3 is 0 Å². The Labute approximate surface area is 113 Å². The molecule has 0 aliphatic heterocycles. The topological polar surface area (TPSA) is 76.1 Å². The third-order valence-electron chi connectivity index (χ3n) is 2.88. The average molecular weight is 266 g/mol. The monoisotopic (exact) mass is 266 g/mol. The maximum absolute atomic E-state index is 11.9. The van der Waals surface area contributed by atoms with Crippen LogP contribution in [-0.4, -0.2) is 36.4 Å². The van der Waals surface area contributed by atoms with Crippen molar-refractivity contribution < 1.29 is 9.53 Å². The van der Waals surface area contributed by atoms with Crippen molar-refractivity contribution in [3.05, 3.63) is 12.1 Å². The fourth-order valence-corrected chi connectivity index (χ4v) is 1.66. The molecule has 0 unspecified atom stereocenters. The Morgan fingerprint density at radius 3 is 2.42 bits per heavy atom. The zero-order valence-electron chi connectivity index (χ0n) is 11.8. The Kier molecular flexibility index (Phi) is 6.81. The first-order chi connectivity index (χ1) is 9.21. The lowest BCUT2D eigenvalue weighted by atomic mass is 10.0. The standard InChI is InChI=1S/C13H22N4O2/c1-4-10(5-2)13(18)15-12-7-6-11(16-17-12)14-8-9-19-3/h6-7,10H,4-5,8-9H2,1-3H3,(H,14,16)(H,15,17,18). The van der Waals surface area contributed by atoms with E-state index < -0.39 is 0 Å². The molecule has 1 heterocycles. The molecule has 0 bridgehead atoms. The van der Waals surface area contributed by atoms with Crippen LogP contribution in [0.5, 0.6) is 0 Å². The van der Waals surface area contributed by atoms with Gasteiger partial charge in [0.15, 0.2) is 5.82 Å². The maximum atomic E-state index is 11.9. The summed E-state index contributed by atoms with van der Waals surface area (Å²) in [5.41, 5.74) is 0. The Morgan fingerprint density at radius 1 is 1.26 bits per heavy atom. The van der Waals surface area contributed by atoms with E-state index in [2.05, 4.69) is 20.8 Å². The Hall–Kier alpha value is -1.69. The number of anilines is 2. The maximum Gasteiger partial charge on any atom is 0.228 e. The van der Waals surface area contributed by atoms with Gasteiger partial charge in [0.1, 0.15) is 5.82 Å². The fourth-order valence-electron chi connectivity index (χ4n) is 1.66. The van der Waals surface area contributed by atoms with Crippen molar-refractivity contribution in [1.82, 2.24) is 10.2 Å². The molecule has 6 nitrogen and oxygen atoms in total. The van der Waals surface area contributed by atoms with E-state index in [4.69, 9.17) is 4.74 Å². The highest BCUT2D eigenvalue weighted by atomic mass is 16.5. The molecule has 0 fully saturated rings. The summed E-state index contributed by atoms with van der Waals surface area (Å²) in [5, 5.41) is 13.8. The molecule has 0 aliphatic rings. The molecular formula is C13H22N4O2. The van der Waals surface area contributed by atoms with Crippen LogP contribution in [0.1, 0.15) is 26.7 Å². The summed E-state index contributed by atoms with van der Waals surface area (Å²) >= 11 is 0. The lowest BCUT2D eigenvalue weighted by Crippen LogP contribution is -2.22. The first kappa shape index (κ1) is 15.4. The summed E-state index contributed by atoms with van der Waals surface area (Å²) in [6, 6.07) is 3.52. The number of amides is 1. The summed E-state index contributed by atoms with van der Waals surface area (Å²) in [6.07, 6.45) is 1.65. The van der Waals surface area contributed by atoms with E-state index in [1.165, 1.54) is 0 Å². The molecular weight excluding hydrogens is 244 g/mol. The first-order valence-electron chi connectivity index (χ1n) is 6.58. The highest BCUT2D eigenvalue weighted by molar-refractivity contribution is 5.91. The third-order valence-corrected chi connectivity index (χ3v) is 2.88. The fraction of sp³-hybridized carbons (Fsp3) is 0.615. The molecule has 106 valence electrons. The van der Waals surface area contributed by atoms with Gasteiger partial charge in [-0.05, 0) is 25.0 Å². The molecule has 0 atom stereocenters. The highest BCUT2D eigenvalue weighted by Gasteiger charge is 2.14. The van der Waals surface area contributed by atoms with Gasteiger partial charge in [-0.15, -0.1) is 10.2 Å². The zero-order valence-corrected chi connectivity index (χ0v) is 11.8. The number of hydrogen-bond donors (Lipinski definition) is 2. The molecule has 0 aromatic carbocycles. The molecule has 0 aliphatic carbocycles. The van der Waals surface area contributed by atoms with Crippen molar-refractivity contribution in [2.24, 2.45) is 5.92 Å². The molecule has 1 amide bonds. The summed E-state index contributed by atoms with van der Waals surface area (Å²) in [5.74, 6) is 1.17. The summed E-state index contributed by atoms with van der Waals surface area (Å²) in [4.78, 5) is 11.9. The minimum atomic E-state index is -0.000563. The molecule has 19 heavy (non-hydrogen) atoms. The van der Waals surface area contributed by atoms with Gasteiger partial charge in [0.05, 0.1) is 6.61 Å². The first-order valence-corrected chi connectivity index (χ1v) is 6.58. The molecule has 0 saturated carbocycles. The van der Waals surface area contributed by atoms with E-state index in [1.807, 2.05) is 13.8 Å². The van der Waals surface area contributed by atoms with Crippen LogP contribution in [0.4, 0.5) is 11.6 Å². The second-order valence-corrected chi connectivity index (χ2v) is 4.23. The van der Waals surface area contributed by atoms with E-state index >= 15 is 0 Å². The van der Waals surface area contributed by atoms with Gasteiger partial charge in [-0.3, -0.25) is 4.79 Å². The minimum Gasteiger partial charge on any atom is -0.383 e. The molecule has 0 saturated heterocycles. The number of nitrogens with one attached hydrogen (secondary N) is 2. The van der Waals surface area contributed by atoms with Crippen LogP contribution in [0.3, 0.4) is 0 Å². The van der Waals surface area contributed by atoms with Gasteiger partial charge in [0.25, 0.3) is 0 Å². The van der Waals surface area contributed by atoms with Crippen LogP contribution in [-0.2, 0) is 9.53 Å². The van der Waals surface area contributed by atoms with E-state index in [9.17, 15) is 4.79 Å². The van der Waals surface area contributed by atoms with Crippen LogP contribution >= 0.6 is 0 Å². The van der Waals surface area contributed by atoms with Crippen LogP contribution in [0, 0.1) is 5.92 Å². The van der Waals surface area contributed by atoms with E-state index in [-0.39, 0.29) is 11.8 Å². The zero-order chi connectivity index (χ0) is 14.1. The molecule has 1 aromatic heterocycles. The largest absolute Gasteiger partial charge is 0.383 e. The van der Waals surface area contributed by atoms with Crippen LogP contribution < -0.4 is 10.6 Å². The lowest BCUT2D eigenvalue weighted by Gasteiger charge is -2.12. The Balaban J connectivity index is 2.49. The summed E-state index contributed by atoms with van der Waals surface area (Å²) in [6.45, 7) is 5.28. The average Bonchev–Trinajstić information content (AvgIpc) is 2.42. The SMILES string of the molecule is CCC(CC)C(=O)Nc1ccc(NCCOC)nn1. The number of carbonyl (C=O) groups is 1. The van der Waals surface area contributed by atoms with Gasteiger partial charge in [-0.25, -0.2) is 0 Å². The van der Waals surface area contributed by atoms with Crippen molar-refractivity contribution in [3.63, 3.8) is 0 Å². The van der Waals surface area contributed by atoms with Crippen molar-refractivity contribution in [3.8, 4) is 0 Å². The lowest BCUT2D eigenvalue weighted by molar-refractivity contribution is -0.120. The van der Waals surface area contributed by atoms with Gasteiger partial charge in [0, 0.05) is 19.6 Å². The number of nitrogens with zero attached hydrogens (tertiary/aromatic N) is 2. The van der Waals surface area contributed by atoms with E-state index in [0.717, 1.165) is 12.8 Å². The number of hydrogen-bond acceptors (Lipinski definition) is 5. The number of ether oxygens (including phenoxy) is 1. The van der Waals surface area contributed by atoms with Crippen LogP contribution in [0.25, 0.3) is 0 Å². The molecule has 0 spiro atoms. The number of rotatable bonds is 8. The third kappa shape index (κ3) is 5.21. The van der Waals surface area contributed by atoms with Gasteiger partial charge < -0.3 is 15.4 Å². The molecule has 2 N–H and O–H groups in total. The smallest absolute Gasteiger partial charge is 0.228 e. The molecule has 0 radical (unpaired) electrons. The van der Waals surface area contributed by atoms with E-state index in [1.54, 1.807) is 19.2 Å².